The summed E-state index contributed by atoms with van der Waals surface area (Å²) in [5.74, 6) is 0.0940. The molecule has 1 aromatic rings. The summed E-state index contributed by atoms with van der Waals surface area (Å²) in [5, 5.41) is 13.2. The number of ether oxygens (including phenoxy) is 1. The molecule has 0 aromatic heterocycles. The number of benzene rings is 1. The number of hydrogen-bond donors (Lipinski definition) is 1. The Morgan fingerprint density at radius 1 is 1.43 bits per heavy atom. The van der Waals surface area contributed by atoms with Crippen LogP contribution in [0.1, 0.15) is 0 Å². The summed E-state index contributed by atoms with van der Waals surface area (Å²) in [7, 11) is -3.80. The molecule has 0 saturated heterocycles. The molecule has 0 fully saturated rings. The van der Waals surface area contributed by atoms with Crippen molar-refractivity contribution < 1.29 is 13.2 Å². The summed E-state index contributed by atoms with van der Waals surface area (Å²) in [6.07, 6.45) is 0. The van der Waals surface area contributed by atoms with E-state index in [9.17, 15) is 8.42 Å². The molecule has 0 aliphatic rings. The van der Waals surface area contributed by atoms with E-state index >= 15 is 0 Å². The van der Waals surface area contributed by atoms with Crippen LogP contribution in [-0.2, 0) is 10.0 Å². The third kappa shape index (κ3) is 2.45. The van der Waals surface area contributed by atoms with Crippen molar-refractivity contribution in [2.24, 2.45) is 5.14 Å². The minimum absolute atomic E-state index is 0.0940. The molecule has 2 N–H and O–H groups in total. The molecule has 1 aromatic carbocycles. The molecule has 0 aliphatic carbocycles. The van der Waals surface area contributed by atoms with Crippen molar-refractivity contribution in [2.75, 3.05) is 6.61 Å². The highest BCUT2D eigenvalue weighted by atomic mass is 32.2. The zero-order valence-electron chi connectivity index (χ0n) is 7.17. The van der Waals surface area contributed by atoms with Gasteiger partial charge in [-0.25, -0.2) is 13.6 Å². The monoisotopic (exact) mass is 212 g/mol. The van der Waals surface area contributed by atoms with Gasteiger partial charge >= 0.3 is 0 Å². The Kier molecular flexibility index (Phi) is 3.06. The van der Waals surface area contributed by atoms with Crippen LogP contribution in [0.4, 0.5) is 0 Å². The van der Waals surface area contributed by atoms with E-state index in [0.29, 0.717) is 0 Å². The number of nitrogens with zero attached hydrogens (tertiary/aromatic N) is 1. The van der Waals surface area contributed by atoms with Gasteiger partial charge in [-0.15, -0.1) is 0 Å². The van der Waals surface area contributed by atoms with Crippen LogP contribution in [0.3, 0.4) is 0 Å². The fourth-order valence-corrected chi connectivity index (χ4v) is 1.59. The highest BCUT2D eigenvalue weighted by molar-refractivity contribution is 7.89. The lowest BCUT2D eigenvalue weighted by Crippen LogP contribution is -2.13. The van der Waals surface area contributed by atoms with Crippen molar-refractivity contribution >= 4 is 10.0 Å². The largest absolute Gasteiger partial charge is 0.477 e. The highest BCUT2D eigenvalue weighted by Crippen LogP contribution is 2.21. The van der Waals surface area contributed by atoms with Gasteiger partial charge in [-0.1, -0.05) is 12.1 Å². The molecule has 0 saturated carbocycles. The average molecular weight is 212 g/mol. The fourth-order valence-electron chi connectivity index (χ4n) is 0.914. The van der Waals surface area contributed by atoms with Crippen LogP contribution in [0, 0.1) is 11.3 Å². The Morgan fingerprint density at radius 3 is 2.64 bits per heavy atom. The number of nitriles is 1. The van der Waals surface area contributed by atoms with Gasteiger partial charge in [0.15, 0.2) is 6.61 Å². The average Bonchev–Trinajstić information content (AvgIpc) is 2.14. The predicted octanol–water partition coefficient (Wildman–Crippen LogP) is 0.236. The quantitative estimate of drug-likeness (QED) is 0.776. The van der Waals surface area contributed by atoms with Gasteiger partial charge in [-0.3, -0.25) is 0 Å². The van der Waals surface area contributed by atoms with Crippen LogP contribution < -0.4 is 9.88 Å². The summed E-state index contributed by atoms with van der Waals surface area (Å²) in [6, 6.07) is 7.63. The number of para-hydroxylation sites is 1. The van der Waals surface area contributed by atoms with Gasteiger partial charge in [-0.05, 0) is 12.1 Å². The van der Waals surface area contributed by atoms with Crippen molar-refractivity contribution in [2.45, 2.75) is 4.90 Å². The maximum absolute atomic E-state index is 11.0. The molecule has 5 nitrogen and oxygen atoms in total. The maximum Gasteiger partial charge on any atom is 0.241 e. The van der Waals surface area contributed by atoms with Gasteiger partial charge in [0.2, 0.25) is 10.0 Å². The third-order valence-electron chi connectivity index (χ3n) is 1.45. The van der Waals surface area contributed by atoms with Crippen LogP contribution in [0.2, 0.25) is 0 Å². The normalized spacial score (nSPS) is 10.6. The van der Waals surface area contributed by atoms with E-state index in [1.807, 2.05) is 0 Å². The van der Waals surface area contributed by atoms with Crippen molar-refractivity contribution in [3.05, 3.63) is 24.3 Å². The van der Waals surface area contributed by atoms with Gasteiger partial charge in [0.25, 0.3) is 0 Å². The molecule has 0 radical (unpaired) electrons. The molecule has 0 spiro atoms. The van der Waals surface area contributed by atoms with Gasteiger partial charge in [0, 0.05) is 0 Å². The number of rotatable bonds is 3. The molecule has 6 heteroatoms. The van der Waals surface area contributed by atoms with Crippen LogP contribution in [0.5, 0.6) is 5.75 Å². The number of hydrogen-bond acceptors (Lipinski definition) is 4. The number of primary sulfonamides is 1. The van der Waals surface area contributed by atoms with Crippen LogP contribution in [-0.4, -0.2) is 15.0 Å². The molecule has 0 amide bonds. The minimum atomic E-state index is -3.80. The lowest BCUT2D eigenvalue weighted by molar-refractivity contribution is 0.358. The zero-order chi connectivity index (χ0) is 10.6. The van der Waals surface area contributed by atoms with Crippen molar-refractivity contribution in [1.29, 1.82) is 5.26 Å². The molecular weight excluding hydrogens is 204 g/mol. The molecule has 14 heavy (non-hydrogen) atoms. The third-order valence-corrected chi connectivity index (χ3v) is 2.40. The molecule has 0 aliphatic heterocycles. The van der Waals surface area contributed by atoms with E-state index in [-0.39, 0.29) is 17.3 Å². The van der Waals surface area contributed by atoms with E-state index in [1.165, 1.54) is 18.2 Å². The Labute approximate surface area is 81.8 Å². The van der Waals surface area contributed by atoms with E-state index in [4.69, 9.17) is 15.1 Å². The predicted molar refractivity (Wildman–Crippen MR) is 48.9 cm³/mol. The van der Waals surface area contributed by atoms with Crippen LogP contribution in [0.25, 0.3) is 0 Å². The summed E-state index contributed by atoms with van der Waals surface area (Å²) >= 11 is 0. The first-order chi connectivity index (χ1) is 6.55. The Morgan fingerprint density at radius 2 is 2.07 bits per heavy atom. The van der Waals surface area contributed by atoms with Crippen LogP contribution >= 0.6 is 0 Å². The Balaban J connectivity index is 3.12. The standard InChI is InChI=1S/C8H8N2O3S/c9-5-6-13-7-3-1-2-4-8(7)14(10,11)12/h1-4H,6H2,(H2,10,11,12). The fraction of sp³-hybridized carbons (Fsp3) is 0.125. The molecule has 0 heterocycles. The minimum Gasteiger partial charge on any atom is -0.477 e. The zero-order valence-corrected chi connectivity index (χ0v) is 7.99. The molecule has 0 unspecified atom stereocenters. The molecule has 0 atom stereocenters. The summed E-state index contributed by atoms with van der Waals surface area (Å²) in [5.41, 5.74) is 0. The van der Waals surface area contributed by atoms with Gasteiger partial charge in [-0.2, -0.15) is 5.26 Å². The first-order valence-electron chi connectivity index (χ1n) is 3.67. The van der Waals surface area contributed by atoms with Crippen molar-refractivity contribution in [1.82, 2.24) is 0 Å². The molecule has 74 valence electrons. The first-order valence-corrected chi connectivity index (χ1v) is 5.22. The van der Waals surface area contributed by atoms with E-state index in [2.05, 4.69) is 0 Å². The van der Waals surface area contributed by atoms with Crippen molar-refractivity contribution in [3.8, 4) is 11.8 Å². The van der Waals surface area contributed by atoms with Crippen LogP contribution in [0.15, 0.2) is 29.2 Å². The number of nitrogens with two attached hydrogens (primary N) is 1. The van der Waals surface area contributed by atoms with E-state index in [1.54, 1.807) is 12.1 Å². The summed E-state index contributed by atoms with van der Waals surface area (Å²) in [4.78, 5) is -0.116. The second-order valence-electron chi connectivity index (χ2n) is 2.44. The van der Waals surface area contributed by atoms with Gasteiger partial charge in [0.1, 0.15) is 16.7 Å². The second kappa shape index (κ2) is 4.09. The highest BCUT2D eigenvalue weighted by Gasteiger charge is 2.13. The molecular formula is C8H8N2O3S. The second-order valence-corrected chi connectivity index (χ2v) is 3.97. The molecule has 0 bridgehead atoms. The Bertz CT molecular complexity index is 462. The van der Waals surface area contributed by atoms with Crippen molar-refractivity contribution in [3.63, 3.8) is 0 Å². The summed E-state index contributed by atoms with van der Waals surface area (Å²) in [6.45, 7) is -0.216. The lowest BCUT2D eigenvalue weighted by Gasteiger charge is -2.06. The lowest BCUT2D eigenvalue weighted by atomic mass is 10.3. The topological polar surface area (TPSA) is 93.2 Å². The Hall–Kier alpha value is -1.58. The van der Waals surface area contributed by atoms with E-state index in [0.717, 1.165) is 0 Å². The smallest absolute Gasteiger partial charge is 0.241 e. The molecule has 1 rings (SSSR count). The summed E-state index contributed by atoms with van der Waals surface area (Å²) < 4.78 is 27.0. The maximum atomic E-state index is 11.0. The van der Waals surface area contributed by atoms with E-state index < -0.39 is 10.0 Å². The number of sulfonamides is 1. The van der Waals surface area contributed by atoms with Gasteiger partial charge in [0.05, 0.1) is 0 Å². The SMILES string of the molecule is N#CCOc1ccccc1S(N)(=O)=O. The van der Waals surface area contributed by atoms with Gasteiger partial charge < -0.3 is 4.74 Å². The first kappa shape index (κ1) is 10.5.